The summed E-state index contributed by atoms with van der Waals surface area (Å²) in [5.41, 5.74) is 6.35. The Kier molecular flexibility index (Phi) is 15.5. The quantitative estimate of drug-likeness (QED) is 0.0861. The van der Waals surface area contributed by atoms with Gasteiger partial charge in [-0.2, -0.15) is 4.98 Å². The number of β-amino-alcohol motifs (C(OH)–C–C–N with tert-alkyl or cyclic N) is 1. The Bertz CT molecular complexity index is 2660. The van der Waals surface area contributed by atoms with Crippen molar-refractivity contribution in [2.45, 2.75) is 116 Å². The van der Waals surface area contributed by atoms with E-state index in [0.29, 0.717) is 62.9 Å². The number of amides is 5. The van der Waals surface area contributed by atoms with E-state index in [1.165, 1.54) is 4.90 Å². The van der Waals surface area contributed by atoms with Gasteiger partial charge in [0.2, 0.25) is 29.6 Å². The van der Waals surface area contributed by atoms with Gasteiger partial charge >= 0.3 is 0 Å². The summed E-state index contributed by atoms with van der Waals surface area (Å²) in [5.74, 6) is -0.113. The molecule has 4 N–H and O–H groups in total. The van der Waals surface area contributed by atoms with E-state index in [2.05, 4.69) is 40.4 Å². The second-order valence-corrected chi connectivity index (χ2v) is 20.9. The number of rotatable bonds is 16. The van der Waals surface area contributed by atoms with E-state index in [1.54, 1.807) is 42.7 Å². The summed E-state index contributed by atoms with van der Waals surface area (Å²) in [6, 6.07) is 12.1. The van der Waals surface area contributed by atoms with Crippen molar-refractivity contribution in [3.63, 3.8) is 0 Å². The normalized spacial score (nSPS) is 18.0. The van der Waals surface area contributed by atoms with Gasteiger partial charge in [-0.25, -0.2) is 15.0 Å². The Morgan fingerprint density at radius 1 is 0.914 bits per heavy atom. The number of hydrogen-bond acceptors (Lipinski definition) is 13. The number of pyridine rings is 1. The molecule has 3 aliphatic rings. The van der Waals surface area contributed by atoms with E-state index in [9.17, 15) is 29.1 Å². The average Bonchev–Trinajstić information content (AvgIpc) is 4.18. The predicted octanol–water partition coefficient (Wildman–Crippen LogP) is 5.84. The van der Waals surface area contributed by atoms with Crippen LogP contribution in [0.4, 0.5) is 17.5 Å². The van der Waals surface area contributed by atoms with Crippen LogP contribution in [0.3, 0.4) is 0 Å². The van der Waals surface area contributed by atoms with E-state index in [0.717, 1.165) is 64.1 Å². The molecule has 0 unspecified atom stereocenters. The monoisotopic (exact) mass is 974 g/mol. The van der Waals surface area contributed by atoms with Gasteiger partial charge in [-0.15, -0.1) is 11.3 Å². The van der Waals surface area contributed by atoms with Gasteiger partial charge in [-0.3, -0.25) is 24.0 Å². The fraction of sp³-hybridized carbons (Fsp3) is 0.510. The third-order valence-electron chi connectivity index (χ3n) is 13.6. The lowest BCUT2D eigenvalue weighted by molar-refractivity contribution is -0.144. The number of carbonyl (C=O) groups is 5. The van der Waals surface area contributed by atoms with Crippen molar-refractivity contribution in [1.29, 1.82) is 0 Å². The molecular weight excluding hydrogens is 909 g/mol. The van der Waals surface area contributed by atoms with Gasteiger partial charge < -0.3 is 45.2 Å². The highest BCUT2D eigenvalue weighted by molar-refractivity contribution is 7.13. The van der Waals surface area contributed by atoms with Gasteiger partial charge in [0.15, 0.2) is 0 Å². The van der Waals surface area contributed by atoms with Crippen molar-refractivity contribution >= 4 is 69.4 Å². The molecule has 372 valence electrons. The van der Waals surface area contributed by atoms with Crippen LogP contribution in [-0.4, -0.2) is 139 Å². The van der Waals surface area contributed by atoms with Crippen LogP contribution in [0.1, 0.15) is 106 Å². The Hall–Kier alpha value is -6.47. The van der Waals surface area contributed by atoms with Crippen molar-refractivity contribution in [2.75, 3.05) is 57.0 Å². The number of likely N-dealkylation sites (tertiary alicyclic amines) is 1. The Labute approximate surface area is 413 Å². The molecule has 1 aliphatic carbocycles. The Morgan fingerprint density at radius 3 is 2.30 bits per heavy atom. The van der Waals surface area contributed by atoms with Crippen molar-refractivity contribution in [3.05, 3.63) is 77.3 Å². The molecule has 0 bridgehead atoms. The molecular formula is C51H66N12O6S. The van der Waals surface area contributed by atoms with Crippen LogP contribution in [0.5, 0.6) is 0 Å². The molecule has 18 nitrogen and oxygen atoms in total. The molecule has 3 fully saturated rings. The first kappa shape index (κ1) is 49.9. The number of aromatic nitrogens is 5. The highest BCUT2D eigenvalue weighted by Gasteiger charge is 2.44. The number of aliphatic hydroxyl groups is 1. The van der Waals surface area contributed by atoms with Gasteiger partial charge in [0.1, 0.15) is 29.2 Å². The van der Waals surface area contributed by atoms with Crippen LogP contribution < -0.4 is 20.9 Å². The number of fused-ring (bicyclic) bond motifs is 1. The number of unbranched alkanes of at least 4 members (excludes halogenated alkanes) is 1. The zero-order valence-corrected chi connectivity index (χ0v) is 41.9. The first-order valence-corrected chi connectivity index (χ1v) is 25.3. The second kappa shape index (κ2) is 21.7. The van der Waals surface area contributed by atoms with Gasteiger partial charge in [0.25, 0.3) is 5.91 Å². The number of carbonyl (C=O) groups excluding carboxylic acids is 5. The maximum absolute atomic E-state index is 14.1. The molecule has 2 aliphatic heterocycles. The van der Waals surface area contributed by atoms with Crippen molar-refractivity contribution in [2.24, 2.45) is 5.41 Å². The summed E-state index contributed by atoms with van der Waals surface area (Å²) >= 11 is 1.57. The number of nitrogens with one attached hydrogen (secondary N) is 3. The highest BCUT2D eigenvalue weighted by Crippen LogP contribution is 2.35. The third-order valence-corrected chi connectivity index (χ3v) is 14.6. The third kappa shape index (κ3) is 11.6. The molecule has 6 heterocycles. The maximum atomic E-state index is 14.1. The fourth-order valence-electron chi connectivity index (χ4n) is 9.70. The lowest BCUT2D eigenvalue weighted by Gasteiger charge is -2.36. The van der Waals surface area contributed by atoms with Crippen molar-refractivity contribution in [3.8, 4) is 10.4 Å². The van der Waals surface area contributed by atoms with Crippen molar-refractivity contribution < 1.29 is 29.1 Å². The molecule has 2 saturated heterocycles. The van der Waals surface area contributed by atoms with E-state index < -0.39 is 29.5 Å². The highest BCUT2D eigenvalue weighted by atomic mass is 32.1. The molecule has 5 aromatic rings. The van der Waals surface area contributed by atoms with E-state index in [1.807, 2.05) is 80.6 Å². The smallest absolute Gasteiger partial charge is 0.270 e. The first-order chi connectivity index (χ1) is 33.5. The van der Waals surface area contributed by atoms with E-state index >= 15 is 0 Å². The number of nitrogens with zero attached hydrogens (tertiary/aromatic N) is 9. The number of aryl methyl sites for hydroxylation is 1. The molecule has 8 rings (SSSR count). The summed E-state index contributed by atoms with van der Waals surface area (Å²) in [7, 11) is 3.52. The number of benzene rings is 1. The van der Waals surface area contributed by atoms with Crippen molar-refractivity contribution in [1.82, 2.24) is 49.8 Å². The predicted molar refractivity (Wildman–Crippen MR) is 269 cm³/mol. The summed E-state index contributed by atoms with van der Waals surface area (Å²) in [5, 5.41) is 20.5. The number of aliphatic hydroxyl groups excluding tert-OH is 1. The molecule has 1 saturated carbocycles. The minimum absolute atomic E-state index is 0.00636. The SMILES string of the molecule is Cc1ncsc1-c1ccc(CNC(=O)[C@@H]2C[C@@H](O)CN2C(=O)[C@@H](NC(=O)CCCCC(=O)N2CCN(c3ccc(Nc4ncc5cc(C(=O)N(C)C)n(C6CCCC6)c5n4)nc3)CC2)C(C)(C)C)cc1. The molecule has 1 aromatic carbocycles. The number of thiazole rings is 1. The summed E-state index contributed by atoms with van der Waals surface area (Å²) in [6.45, 7) is 10.2. The molecule has 19 heteroatoms. The summed E-state index contributed by atoms with van der Waals surface area (Å²) in [6.07, 6.45) is 8.48. The fourth-order valence-corrected chi connectivity index (χ4v) is 10.5. The molecule has 0 radical (unpaired) electrons. The summed E-state index contributed by atoms with van der Waals surface area (Å²) in [4.78, 5) is 93.7. The van der Waals surface area contributed by atoms with Gasteiger partial charge in [-0.1, -0.05) is 57.9 Å². The second-order valence-electron chi connectivity index (χ2n) is 20.1. The lowest BCUT2D eigenvalue weighted by atomic mass is 9.85. The van der Waals surface area contributed by atoms with E-state index in [-0.39, 0.29) is 55.6 Å². The maximum Gasteiger partial charge on any atom is 0.270 e. The van der Waals surface area contributed by atoms with E-state index in [4.69, 9.17) is 4.98 Å². The largest absolute Gasteiger partial charge is 0.391 e. The summed E-state index contributed by atoms with van der Waals surface area (Å²) < 4.78 is 2.09. The minimum atomic E-state index is -0.927. The lowest BCUT2D eigenvalue weighted by Crippen LogP contribution is -2.57. The van der Waals surface area contributed by atoms with Crippen LogP contribution in [0.15, 0.2) is 60.4 Å². The van der Waals surface area contributed by atoms with Crippen LogP contribution in [-0.2, 0) is 25.7 Å². The van der Waals surface area contributed by atoms with Crippen LogP contribution in [0.2, 0.25) is 0 Å². The molecule has 70 heavy (non-hydrogen) atoms. The molecule has 0 spiro atoms. The Morgan fingerprint density at radius 2 is 1.64 bits per heavy atom. The molecule has 4 aromatic heterocycles. The topological polar surface area (TPSA) is 211 Å². The van der Waals surface area contributed by atoms with Gasteiger partial charge in [0.05, 0.1) is 34.1 Å². The standard InChI is InChI=1S/C51H66N12O6S/c1-32-44(70-31-55-32)34-17-15-33(16-18-34)27-53-47(67)39-26-38(64)30-62(39)49(69)45(51(2,3)4)57-42(65)13-9-10-14-43(66)61-23-21-60(22-24-61)37-19-20-41(52-29-37)56-50-54-28-35-25-40(48(68)59(5)6)63(46(35)58-50)36-11-7-8-12-36/h15-20,25,28-29,31,36,38-39,45,64H,7-14,21-24,26-27,30H2,1-6H3,(H,53,67)(H,57,65)(H,52,54,56,58)/t38-,39+,45-/m1/s1. The zero-order chi connectivity index (χ0) is 49.7. The number of piperazine rings is 1. The minimum Gasteiger partial charge on any atom is -0.391 e. The van der Waals surface area contributed by atoms with Crippen LogP contribution in [0, 0.1) is 12.3 Å². The number of anilines is 3. The van der Waals surface area contributed by atoms with Gasteiger partial charge in [0, 0.05) is 90.3 Å². The molecule has 5 amide bonds. The zero-order valence-electron chi connectivity index (χ0n) is 41.1. The number of hydrogen-bond donors (Lipinski definition) is 4. The van der Waals surface area contributed by atoms with Crippen LogP contribution in [0.25, 0.3) is 21.5 Å². The first-order valence-electron chi connectivity index (χ1n) is 24.4. The Balaban J connectivity index is 0.769. The average molecular weight is 975 g/mol. The molecule has 3 atom stereocenters. The van der Waals surface area contributed by atoms with Gasteiger partial charge in [-0.05, 0) is 67.3 Å². The van der Waals surface area contributed by atoms with Crippen LogP contribution >= 0.6 is 11.3 Å².